The summed E-state index contributed by atoms with van der Waals surface area (Å²) < 4.78 is 0. The molecule has 0 bridgehead atoms. The van der Waals surface area contributed by atoms with E-state index in [1.165, 1.54) is 11.3 Å². The van der Waals surface area contributed by atoms with Gasteiger partial charge in [-0.25, -0.2) is 0 Å². The van der Waals surface area contributed by atoms with Gasteiger partial charge in [0.2, 0.25) is 0 Å². The van der Waals surface area contributed by atoms with Gasteiger partial charge in [-0.1, -0.05) is 43.3 Å². The molecule has 1 aliphatic heterocycles. The van der Waals surface area contributed by atoms with Crippen molar-refractivity contribution in [1.29, 1.82) is 0 Å². The van der Waals surface area contributed by atoms with Crippen LogP contribution in [-0.2, 0) is 6.54 Å². The van der Waals surface area contributed by atoms with Crippen molar-refractivity contribution < 1.29 is 0 Å². The van der Waals surface area contributed by atoms with Crippen molar-refractivity contribution >= 4 is 16.6 Å². The van der Waals surface area contributed by atoms with E-state index in [0.29, 0.717) is 12.5 Å². The second-order valence-electron chi connectivity index (χ2n) is 6.05. The molecule has 4 rings (SSSR count). The van der Waals surface area contributed by atoms with Gasteiger partial charge in [0.25, 0.3) is 5.56 Å². The van der Waals surface area contributed by atoms with Crippen LogP contribution >= 0.6 is 0 Å². The van der Waals surface area contributed by atoms with Gasteiger partial charge >= 0.3 is 0 Å². The van der Waals surface area contributed by atoms with E-state index < -0.39 is 0 Å². The van der Waals surface area contributed by atoms with Crippen molar-refractivity contribution in [3.63, 3.8) is 0 Å². The molecule has 0 fully saturated rings. The molecule has 0 aliphatic carbocycles. The smallest absolute Gasteiger partial charge is 0.253 e. The predicted molar refractivity (Wildman–Crippen MR) is 90.5 cm³/mol. The number of aromatic nitrogens is 1. The van der Waals surface area contributed by atoms with E-state index in [1.54, 1.807) is 0 Å². The Morgan fingerprint density at radius 2 is 1.91 bits per heavy atom. The fourth-order valence-electron chi connectivity index (χ4n) is 3.38. The first-order chi connectivity index (χ1) is 10.7. The Balaban J connectivity index is 1.73. The average molecular weight is 290 g/mol. The van der Waals surface area contributed by atoms with Crippen LogP contribution in [0.2, 0.25) is 0 Å². The maximum Gasteiger partial charge on any atom is 0.253 e. The summed E-state index contributed by atoms with van der Waals surface area (Å²) in [5.74, 6) is 0.510. The van der Waals surface area contributed by atoms with E-state index in [9.17, 15) is 4.79 Å². The van der Waals surface area contributed by atoms with Gasteiger partial charge in [-0.3, -0.25) is 4.79 Å². The zero-order valence-corrected chi connectivity index (χ0v) is 12.5. The lowest BCUT2D eigenvalue weighted by Crippen LogP contribution is -2.25. The molecule has 3 aromatic rings. The summed E-state index contributed by atoms with van der Waals surface area (Å²) in [6.07, 6.45) is 0. The first kappa shape index (κ1) is 13.1. The minimum Gasteiger partial charge on any atom is -0.366 e. The van der Waals surface area contributed by atoms with E-state index in [1.807, 2.05) is 30.3 Å². The van der Waals surface area contributed by atoms with E-state index in [-0.39, 0.29) is 5.56 Å². The Bertz CT molecular complexity index is 897. The third kappa shape index (κ3) is 2.10. The Hall–Kier alpha value is -2.55. The van der Waals surface area contributed by atoms with Crippen LogP contribution in [0.3, 0.4) is 0 Å². The number of pyridine rings is 1. The Morgan fingerprint density at radius 1 is 1.14 bits per heavy atom. The summed E-state index contributed by atoms with van der Waals surface area (Å²) in [6, 6.07) is 18.4. The number of fused-ring (bicyclic) bond motifs is 2. The number of anilines is 1. The zero-order valence-electron chi connectivity index (χ0n) is 12.5. The van der Waals surface area contributed by atoms with Crippen molar-refractivity contribution in [2.45, 2.75) is 19.4 Å². The van der Waals surface area contributed by atoms with Crippen LogP contribution in [0.1, 0.15) is 24.0 Å². The first-order valence-electron chi connectivity index (χ1n) is 7.67. The summed E-state index contributed by atoms with van der Waals surface area (Å²) in [6.45, 7) is 3.86. The summed E-state index contributed by atoms with van der Waals surface area (Å²) in [5, 5.41) is 1.08. The highest BCUT2D eigenvalue weighted by Gasteiger charge is 2.25. The van der Waals surface area contributed by atoms with E-state index >= 15 is 0 Å². The van der Waals surface area contributed by atoms with E-state index in [4.69, 9.17) is 0 Å². The molecule has 1 unspecified atom stereocenters. The van der Waals surface area contributed by atoms with Crippen LogP contribution in [0, 0.1) is 0 Å². The maximum atomic E-state index is 12.3. The number of hydrogen-bond donors (Lipinski definition) is 1. The molecule has 1 atom stereocenters. The molecule has 3 heteroatoms. The largest absolute Gasteiger partial charge is 0.366 e. The molecule has 3 nitrogen and oxygen atoms in total. The standard InChI is InChI=1S/C19H18N2O/c1-13-11-21(18-9-5-3-7-16(13)18)12-15-10-14-6-2-4-8-17(14)20-19(15)22/h2-10,13H,11-12H2,1H3,(H,20,22). The van der Waals surface area contributed by atoms with Crippen LogP contribution in [0.15, 0.2) is 59.4 Å². The lowest BCUT2D eigenvalue weighted by atomic mass is 10.0. The van der Waals surface area contributed by atoms with Crippen molar-refractivity contribution in [2.24, 2.45) is 0 Å². The van der Waals surface area contributed by atoms with Gasteiger partial charge in [0.15, 0.2) is 0 Å². The minimum atomic E-state index is 0.00994. The number of nitrogens with one attached hydrogen (secondary N) is 1. The topological polar surface area (TPSA) is 36.1 Å². The van der Waals surface area contributed by atoms with Crippen LogP contribution in [0.5, 0.6) is 0 Å². The second-order valence-corrected chi connectivity index (χ2v) is 6.05. The van der Waals surface area contributed by atoms with Gasteiger partial charge in [-0.15, -0.1) is 0 Å². The van der Waals surface area contributed by atoms with Gasteiger partial charge in [-0.2, -0.15) is 0 Å². The highest BCUT2D eigenvalue weighted by molar-refractivity contribution is 5.78. The lowest BCUT2D eigenvalue weighted by Gasteiger charge is -2.19. The van der Waals surface area contributed by atoms with E-state index in [2.05, 4.69) is 41.1 Å². The van der Waals surface area contributed by atoms with Crippen LogP contribution in [-0.4, -0.2) is 11.5 Å². The highest BCUT2D eigenvalue weighted by atomic mass is 16.1. The zero-order chi connectivity index (χ0) is 15.1. The molecule has 0 saturated heterocycles. The van der Waals surface area contributed by atoms with Gasteiger partial charge in [-0.05, 0) is 29.1 Å². The molecule has 110 valence electrons. The normalized spacial score (nSPS) is 17.0. The van der Waals surface area contributed by atoms with Gasteiger partial charge in [0.05, 0.1) is 0 Å². The molecule has 2 aromatic carbocycles. The first-order valence-corrected chi connectivity index (χ1v) is 7.67. The van der Waals surface area contributed by atoms with Crippen LogP contribution < -0.4 is 10.5 Å². The number of nitrogens with zero attached hydrogens (tertiary/aromatic N) is 1. The van der Waals surface area contributed by atoms with Crippen LogP contribution in [0.25, 0.3) is 10.9 Å². The van der Waals surface area contributed by atoms with Crippen molar-refractivity contribution in [2.75, 3.05) is 11.4 Å². The molecule has 1 N–H and O–H groups in total. The van der Waals surface area contributed by atoms with E-state index in [0.717, 1.165) is 23.0 Å². The molecular weight excluding hydrogens is 272 g/mol. The summed E-state index contributed by atoms with van der Waals surface area (Å²) in [7, 11) is 0. The van der Waals surface area contributed by atoms with Crippen molar-refractivity contribution in [3.8, 4) is 0 Å². The molecule has 2 heterocycles. The van der Waals surface area contributed by atoms with Crippen molar-refractivity contribution in [1.82, 2.24) is 4.98 Å². The number of H-pyrrole nitrogens is 1. The van der Waals surface area contributed by atoms with Gasteiger partial charge in [0, 0.05) is 35.8 Å². The van der Waals surface area contributed by atoms with Gasteiger partial charge < -0.3 is 9.88 Å². The Labute approximate surface area is 129 Å². The Morgan fingerprint density at radius 3 is 2.82 bits per heavy atom. The third-order valence-electron chi connectivity index (χ3n) is 4.49. The van der Waals surface area contributed by atoms with Crippen LogP contribution in [0.4, 0.5) is 5.69 Å². The fraction of sp³-hybridized carbons (Fsp3) is 0.211. The SMILES string of the molecule is CC1CN(Cc2cc3ccccc3[nH]c2=O)c2ccccc21. The number of aromatic amines is 1. The van der Waals surface area contributed by atoms with Crippen molar-refractivity contribution in [3.05, 3.63) is 76.1 Å². The number of rotatable bonds is 2. The third-order valence-corrected chi connectivity index (χ3v) is 4.49. The molecule has 0 amide bonds. The summed E-state index contributed by atoms with van der Waals surface area (Å²) in [4.78, 5) is 17.6. The Kier molecular flexibility index (Phi) is 3.00. The maximum absolute atomic E-state index is 12.3. The molecular formula is C19H18N2O. The molecule has 1 aliphatic rings. The van der Waals surface area contributed by atoms with Gasteiger partial charge in [0.1, 0.15) is 0 Å². The molecule has 0 radical (unpaired) electrons. The predicted octanol–water partition coefficient (Wildman–Crippen LogP) is 3.65. The second kappa shape index (κ2) is 5.02. The molecule has 1 aromatic heterocycles. The molecule has 0 spiro atoms. The quantitative estimate of drug-likeness (QED) is 0.782. The summed E-state index contributed by atoms with van der Waals surface area (Å²) in [5.41, 5.74) is 4.35. The lowest BCUT2D eigenvalue weighted by molar-refractivity contribution is 0.743. The number of hydrogen-bond acceptors (Lipinski definition) is 2. The number of benzene rings is 2. The average Bonchev–Trinajstić information content (AvgIpc) is 2.85. The molecule has 0 saturated carbocycles. The minimum absolute atomic E-state index is 0.00994. The fourth-order valence-corrected chi connectivity index (χ4v) is 3.38. The number of para-hydroxylation sites is 2. The summed E-state index contributed by atoms with van der Waals surface area (Å²) >= 11 is 0. The molecule has 22 heavy (non-hydrogen) atoms. The highest BCUT2D eigenvalue weighted by Crippen LogP contribution is 2.36. The monoisotopic (exact) mass is 290 g/mol.